The number of carbonyl (C=O) groups excluding carboxylic acids is 1. The van der Waals surface area contributed by atoms with Crippen LogP contribution in [-0.4, -0.2) is 22.3 Å². The number of amides is 1. The number of nitrogens with zero attached hydrogens (tertiary/aromatic N) is 2. The fraction of sp³-hybridized carbons (Fsp3) is 0.231. The van der Waals surface area contributed by atoms with E-state index in [-0.39, 0.29) is 23.5 Å². The third-order valence-corrected chi connectivity index (χ3v) is 5.08. The van der Waals surface area contributed by atoms with Gasteiger partial charge in [0, 0.05) is 11.1 Å². The van der Waals surface area contributed by atoms with Crippen molar-refractivity contribution in [2.75, 3.05) is 0 Å². The third kappa shape index (κ3) is 4.13. The number of carbonyl (C=O) groups is 1. The predicted octanol–water partition coefficient (Wildman–Crippen LogP) is 5.37. The summed E-state index contributed by atoms with van der Waals surface area (Å²) in [5, 5.41) is 3.47. The van der Waals surface area contributed by atoms with Gasteiger partial charge in [0.25, 0.3) is 5.91 Å². The molecule has 0 unspecified atom stereocenters. The Morgan fingerprint density at radius 2 is 1.30 bits per heavy atom. The first-order chi connectivity index (χ1) is 14.4. The van der Waals surface area contributed by atoms with Crippen LogP contribution >= 0.6 is 0 Å². The molecule has 4 nitrogen and oxygen atoms in total. The van der Waals surface area contributed by atoms with Gasteiger partial charge in [-0.15, -0.1) is 0 Å². The SMILES string of the molecule is CC(C)(C)NC1=N[C@@H](c2ccccc2)[C@H](c2ccccc2)N1C(=O)c1ccccc1. The summed E-state index contributed by atoms with van der Waals surface area (Å²) in [6.07, 6.45) is 0. The summed E-state index contributed by atoms with van der Waals surface area (Å²) in [5.74, 6) is 0.553. The van der Waals surface area contributed by atoms with Crippen LogP contribution in [0.25, 0.3) is 0 Å². The molecule has 4 heteroatoms. The molecule has 152 valence electrons. The van der Waals surface area contributed by atoms with Crippen LogP contribution in [0.15, 0.2) is 96.0 Å². The summed E-state index contributed by atoms with van der Waals surface area (Å²) >= 11 is 0. The molecule has 0 saturated carbocycles. The summed E-state index contributed by atoms with van der Waals surface area (Å²) in [4.78, 5) is 20.6. The van der Waals surface area contributed by atoms with Gasteiger partial charge in [0.1, 0.15) is 6.04 Å². The summed E-state index contributed by atoms with van der Waals surface area (Å²) < 4.78 is 0. The van der Waals surface area contributed by atoms with Crippen LogP contribution in [0, 0.1) is 0 Å². The summed E-state index contributed by atoms with van der Waals surface area (Å²) in [5.41, 5.74) is 2.56. The zero-order valence-electron chi connectivity index (χ0n) is 17.6. The van der Waals surface area contributed by atoms with Gasteiger partial charge in [-0.2, -0.15) is 0 Å². The van der Waals surface area contributed by atoms with Gasteiger partial charge in [0.15, 0.2) is 0 Å². The highest BCUT2D eigenvalue weighted by atomic mass is 16.2. The van der Waals surface area contributed by atoms with Crippen LogP contribution in [0.1, 0.15) is 54.3 Å². The molecule has 0 radical (unpaired) electrons. The predicted molar refractivity (Wildman–Crippen MR) is 121 cm³/mol. The first-order valence-corrected chi connectivity index (χ1v) is 10.3. The zero-order chi connectivity index (χ0) is 21.1. The van der Waals surface area contributed by atoms with Crippen LogP contribution in [0.4, 0.5) is 0 Å². The molecule has 2 atom stereocenters. The van der Waals surface area contributed by atoms with Gasteiger partial charge in [-0.1, -0.05) is 78.9 Å². The summed E-state index contributed by atoms with van der Waals surface area (Å²) in [6, 6.07) is 29.4. The van der Waals surface area contributed by atoms with Gasteiger partial charge in [0.2, 0.25) is 5.96 Å². The van der Waals surface area contributed by atoms with Crippen molar-refractivity contribution in [1.29, 1.82) is 0 Å². The summed E-state index contributed by atoms with van der Waals surface area (Å²) in [7, 11) is 0. The van der Waals surface area contributed by atoms with Crippen LogP contribution < -0.4 is 5.32 Å². The minimum absolute atomic E-state index is 0.0571. The van der Waals surface area contributed by atoms with Crippen molar-refractivity contribution in [3.05, 3.63) is 108 Å². The number of nitrogens with one attached hydrogen (secondary N) is 1. The molecular weight excluding hydrogens is 370 g/mol. The smallest absolute Gasteiger partial charge is 0.261 e. The molecule has 0 aromatic heterocycles. The number of hydrogen-bond acceptors (Lipinski definition) is 3. The number of benzene rings is 3. The molecular formula is C26H27N3O. The van der Waals surface area contributed by atoms with Crippen LogP contribution in [0.3, 0.4) is 0 Å². The Morgan fingerprint density at radius 3 is 1.83 bits per heavy atom. The lowest BCUT2D eigenvalue weighted by Crippen LogP contribution is -2.50. The second-order valence-electron chi connectivity index (χ2n) is 8.58. The molecule has 0 fully saturated rings. The maximum atomic E-state index is 13.7. The van der Waals surface area contributed by atoms with E-state index in [1.165, 1.54) is 0 Å². The van der Waals surface area contributed by atoms with Gasteiger partial charge in [-0.05, 0) is 44.0 Å². The molecule has 1 N–H and O–H groups in total. The van der Waals surface area contributed by atoms with Crippen molar-refractivity contribution >= 4 is 11.9 Å². The van der Waals surface area contributed by atoms with E-state index in [2.05, 4.69) is 50.4 Å². The number of hydrogen-bond donors (Lipinski definition) is 1. The number of rotatable bonds is 3. The topological polar surface area (TPSA) is 44.7 Å². The lowest BCUT2D eigenvalue weighted by molar-refractivity contribution is 0.0798. The molecule has 3 aromatic carbocycles. The summed E-state index contributed by atoms with van der Waals surface area (Å²) in [6.45, 7) is 6.23. The van der Waals surface area contributed by atoms with Gasteiger partial charge in [-0.25, -0.2) is 4.99 Å². The third-order valence-electron chi connectivity index (χ3n) is 5.08. The Balaban J connectivity index is 1.85. The van der Waals surface area contributed by atoms with E-state index >= 15 is 0 Å². The Hall–Kier alpha value is -3.40. The minimum Gasteiger partial charge on any atom is -0.351 e. The van der Waals surface area contributed by atoms with Crippen LogP contribution in [-0.2, 0) is 0 Å². The molecule has 1 aliphatic heterocycles. The Bertz CT molecular complexity index is 1020. The fourth-order valence-electron chi connectivity index (χ4n) is 3.80. The van der Waals surface area contributed by atoms with Crippen LogP contribution in [0.5, 0.6) is 0 Å². The average Bonchev–Trinajstić information content (AvgIpc) is 3.12. The standard InChI is InChI=1S/C26H27N3O/c1-26(2,3)28-25-27-22(19-13-7-4-8-14-19)23(20-15-9-5-10-16-20)29(25)24(30)21-17-11-6-12-18-21/h4-18,22-23H,1-3H3,(H,27,28)/t22-,23-/m0/s1. The van der Waals surface area contributed by atoms with Gasteiger partial charge in [-0.3, -0.25) is 9.69 Å². The maximum Gasteiger partial charge on any atom is 0.261 e. The molecule has 30 heavy (non-hydrogen) atoms. The largest absolute Gasteiger partial charge is 0.351 e. The van der Waals surface area contributed by atoms with Crippen molar-refractivity contribution in [3.63, 3.8) is 0 Å². The molecule has 0 bridgehead atoms. The second-order valence-corrected chi connectivity index (χ2v) is 8.58. The monoisotopic (exact) mass is 397 g/mol. The molecule has 0 saturated heterocycles. The van der Waals surface area contributed by atoms with E-state index in [1.54, 1.807) is 0 Å². The first-order valence-electron chi connectivity index (χ1n) is 10.3. The lowest BCUT2D eigenvalue weighted by atomic mass is 9.93. The van der Waals surface area contributed by atoms with Crippen LogP contribution in [0.2, 0.25) is 0 Å². The normalized spacial score (nSPS) is 18.8. The van der Waals surface area contributed by atoms with Gasteiger partial charge < -0.3 is 5.32 Å². The van der Waals surface area contributed by atoms with E-state index in [9.17, 15) is 4.79 Å². The highest BCUT2D eigenvalue weighted by Crippen LogP contribution is 2.42. The fourth-order valence-corrected chi connectivity index (χ4v) is 3.80. The average molecular weight is 398 g/mol. The first kappa shape index (κ1) is 19.9. The second kappa shape index (κ2) is 8.15. The van der Waals surface area contributed by atoms with Crippen molar-refractivity contribution in [2.24, 2.45) is 4.99 Å². The Labute approximate surface area is 178 Å². The van der Waals surface area contributed by atoms with Gasteiger partial charge in [0.05, 0.1) is 6.04 Å². The molecule has 0 aliphatic carbocycles. The van der Waals surface area contributed by atoms with Crippen molar-refractivity contribution in [2.45, 2.75) is 38.4 Å². The van der Waals surface area contributed by atoms with E-state index in [4.69, 9.17) is 4.99 Å². The molecule has 3 aromatic rings. The van der Waals surface area contributed by atoms with Crippen molar-refractivity contribution in [1.82, 2.24) is 10.2 Å². The number of aliphatic imine (C=N–C) groups is 1. The highest BCUT2D eigenvalue weighted by Gasteiger charge is 2.42. The van der Waals surface area contributed by atoms with Crippen molar-refractivity contribution < 1.29 is 4.79 Å². The molecule has 1 amide bonds. The minimum atomic E-state index is -0.235. The molecule has 1 aliphatic rings. The highest BCUT2D eigenvalue weighted by molar-refractivity contribution is 6.07. The Morgan fingerprint density at radius 1 is 0.800 bits per heavy atom. The van der Waals surface area contributed by atoms with E-state index in [0.717, 1.165) is 11.1 Å². The van der Waals surface area contributed by atoms with E-state index in [1.807, 2.05) is 71.6 Å². The Kier molecular flexibility index (Phi) is 5.40. The van der Waals surface area contributed by atoms with E-state index < -0.39 is 0 Å². The molecule has 4 rings (SSSR count). The maximum absolute atomic E-state index is 13.7. The van der Waals surface area contributed by atoms with Crippen molar-refractivity contribution in [3.8, 4) is 0 Å². The zero-order valence-corrected chi connectivity index (χ0v) is 17.6. The molecule has 1 heterocycles. The van der Waals surface area contributed by atoms with E-state index in [0.29, 0.717) is 11.5 Å². The van der Waals surface area contributed by atoms with Gasteiger partial charge >= 0.3 is 0 Å². The number of guanidine groups is 1. The lowest BCUT2D eigenvalue weighted by Gasteiger charge is -2.32. The quantitative estimate of drug-likeness (QED) is 0.646. The molecule has 0 spiro atoms.